The minimum atomic E-state index is -0.623. The number of anilines is 1. The molecule has 0 unspecified atom stereocenters. The van der Waals surface area contributed by atoms with Crippen molar-refractivity contribution in [2.45, 2.75) is 6.54 Å². The number of carbonyl (C=O) groups excluding carboxylic acids is 2. The number of piperazine rings is 1. The lowest BCUT2D eigenvalue weighted by atomic mass is 10.3. The Morgan fingerprint density at radius 3 is 2.70 bits per heavy atom. The van der Waals surface area contributed by atoms with Gasteiger partial charge in [0.05, 0.1) is 13.3 Å². The summed E-state index contributed by atoms with van der Waals surface area (Å²) in [5.41, 5.74) is 0. The third kappa shape index (κ3) is 3.67. The van der Waals surface area contributed by atoms with E-state index in [1.54, 1.807) is 4.90 Å². The second-order valence-electron chi connectivity index (χ2n) is 4.60. The predicted molar refractivity (Wildman–Crippen MR) is 70.1 cm³/mol. The van der Waals surface area contributed by atoms with E-state index in [1.165, 1.54) is 18.0 Å². The first-order valence-corrected chi connectivity index (χ1v) is 6.30. The SMILES string of the molecule is COC(=O)Nc1cn(CC(=O)N2CCN(C)CC2)nn1. The molecule has 1 aromatic heterocycles. The summed E-state index contributed by atoms with van der Waals surface area (Å²) in [6.07, 6.45) is 0.868. The molecule has 1 aromatic rings. The molecule has 9 nitrogen and oxygen atoms in total. The molecule has 1 saturated heterocycles. The van der Waals surface area contributed by atoms with Crippen LogP contribution < -0.4 is 5.32 Å². The maximum Gasteiger partial charge on any atom is 0.412 e. The molecule has 0 spiro atoms. The highest BCUT2D eigenvalue weighted by Crippen LogP contribution is 2.04. The molecule has 1 N–H and O–H groups in total. The van der Waals surface area contributed by atoms with Gasteiger partial charge in [0, 0.05) is 26.2 Å². The number of methoxy groups -OCH3 is 1. The van der Waals surface area contributed by atoms with Crippen LogP contribution in [0.3, 0.4) is 0 Å². The Labute approximate surface area is 116 Å². The Bertz CT molecular complexity index is 480. The van der Waals surface area contributed by atoms with Crippen molar-refractivity contribution in [2.24, 2.45) is 0 Å². The molecule has 9 heteroatoms. The van der Waals surface area contributed by atoms with Crippen LogP contribution in [-0.4, -0.2) is 77.1 Å². The molecule has 0 aliphatic carbocycles. The molecule has 1 aliphatic rings. The summed E-state index contributed by atoms with van der Waals surface area (Å²) in [5.74, 6) is 0.246. The number of amides is 2. The maximum atomic E-state index is 12.1. The van der Waals surface area contributed by atoms with E-state index in [1.807, 2.05) is 7.05 Å². The Balaban J connectivity index is 1.86. The van der Waals surface area contributed by atoms with Crippen molar-refractivity contribution in [2.75, 3.05) is 45.7 Å². The lowest BCUT2D eigenvalue weighted by Gasteiger charge is -2.32. The Hall–Kier alpha value is -2.16. The molecule has 20 heavy (non-hydrogen) atoms. The fourth-order valence-electron chi connectivity index (χ4n) is 1.88. The Morgan fingerprint density at radius 2 is 2.05 bits per heavy atom. The van der Waals surface area contributed by atoms with Gasteiger partial charge < -0.3 is 14.5 Å². The standard InChI is InChI=1S/C11H18N6O3/c1-15-3-5-16(6-4-15)10(18)8-17-7-9(13-14-17)12-11(19)20-2/h7H,3-6,8H2,1-2H3,(H,12,19). The molecular weight excluding hydrogens is 264 g/mol. The van der Waals surface area contributed by atoms with E-state index in [9.17, 15) is 9.59 Å². The van der Waals surface area contributed by atoms with Crippen LogP contribution in [0.25, 0.3) is 0 Å². The van der Waals surface area contributed by atoms with Gasteiger partial charge in [-0.05, 0) is 7.05 Å². The average Bonchev–Trinajstić information content (AvgIpc) is 2.86. The van der Waals surface area contributed by atoms with Gasteiger partial charge in [-0.25, -0.2) is 9.48 Å². The monoisotopic (exact) mass is 282 g/mol. The number of ether oxygens (including phenoxy) is 1. The molecule has 0 radical (unpaired) electrons. The highest BCUT2D eigenvalue weighted by Gasteiger charge is 2.19. The van der Waals surface area contributed by atoms with Gasteiger partial charge in [-0.1, -0.05) is 5.21 Å². The number of rotatable bonds is 3. The van der Waals surface area contributed by atoms with E-state index in [0.717, 1.165) is 26.2 Å². The Kier molecular flexibility index (Phi) is 4.51. The summed E-state index contributed by atoms with van der Waals surface area (Å²) < 4.78 is 5.84. The topological polar surface area (TPSA) is 92.6 Å². The van der Waals surface area contributed by atoms with Crippen LogP contribution in [0, 0.1) is 0 Å². The highest BCUT2D eigenvalue weighted by molar-refractivity contribution is 5.82. The third-order valence-electron chi connectivity index (χ3n) is 3.11. The van der Waals surface area contributed by atoms with Crippen molar-refractivity contribution in [3.8, 4) is 0 Å². The summed E-state index contributed by atoms with van der Waals surface area (Å²) >= 11 is 0. The van der Waals surface area contributed by atoms with Crippen LogP contribution in [0.15, 0.2) is 6.20 Å². The van der Waals surface area contributed by atoms with Crippen molar-refractivity contribution >= 4 is 17.8 Å². The number of hydrogen-bond acceptors (Lipinski definition) is 6. The quantitative estimate of drug-likeness (QED) is 0.782. The normalized spacial score (nSPS) is 16.0. The van der Waals surface area contributed by atoms with Crippen molar-refractivity contribution in [1.82, 2.24) is 24.8 Å². The van der Waals surface area contributed by atoms with E-state index in [0.29, 0.717) is 0 Å². The van der Waals surface area contributed by atoms with Crippen molar-refractivity contribution < 1.29 is 14.3 Å². The minimum Gasteiger partial charge on any atom is -0.453 e. The van der Waals surface area contributed by atoms with Gasteiger partial charge in [0.2, 0.25) is 5.91 Å². The summed E-state index contributed by atoms with van der Waals surface area (Å²) in [6, 6.07) is 0. The zero-order valence-electron chi connectivity index (χ0n) is 11.6. The van der Waals surface area contributed by atoms with Gasteiger partial charge in [-0.15, -0.1) is 5.10 Å². The smallest absolute Gasteiger partial charge is 0.412 e. The van der Waals surface area contributed by atoms with Gasteiger partial charge in [-0.2, -0.15) is 0 Å². The fourth-order valence-corrected chi connectivity index (χ4v) is 1.88. The molecule has 0 bridgehead atoms. The number of nitrogens with one attached hydrogen (secondary N) is 1. The van der Waals surface area contributed by atoms with E-state index < -0.39 is 6.09 Å². The molecule has 1 fully saturated rings. The number of nitrogens with zero attached hydrogens (tertiary/aromatic N) is 5. The van der Waals surface area contributed by atoms with E-state index in [-0.39, 0.29) is 18.3 Å². The molecule has 2 amide bonds. The van der Waals surface area contributed by atoms with Crippen LogP contribution in [-0.2, 0) is 16.1 Å². The first-order valence-electron chi connectivity index (χ1n) is 6.30. The molecule has 110 valence electrons. The highest BCUT2D eigenvalue weighted by atomic mass is 16.5. The molecule has 2 heterocycles. The van der Waals surface area contributed by atoms with Crippen LogP contribution in [0.4, 0.5) is 10.6 Å². The zero-order chi connectivity index (χ0) is 14.5. The Morgan fingerprint density at radius 1 is 1.35 bits per heavy atom. The second kappa shape index (κ2) is 6.33. The van der Waals surface area contributed by atoms with Crippen molar-refractivity contribution in [1.29, 1.82) is 0 Å². The van der Waals surface area contributed by atoms with Gasteiger partial charge in [0.1, 0.15) is 6.54 Å². The number of aromatic nitrogens is 3. The summed E-state index contributed by atoms with van der Waals surface area (Å²) in [7, 11) is 3.29. The van der Waals surface area contributed by atoms with Gasteiger partial charge >= 0.3 is 6.09 Å². The van der Waals surface area contributed by atoms with E-state index >= 15 is 0 Å². The van der Waals surface area contributed by atoms with Gasteiger partial charge in [0.15, 0.2) is 5.82 Å². The lowest BCUT2D eigenvalue weighted by Crippen LogP contribution is -2.48. The first-order chi connectivity index (χ1) is 9.58. The summed E-state index contributed by atoms with van der Waals surface area (Å²) in [6.45, 7) is 3.30. The first kappa shape index (κ1) is 14.3. The van der Waals surface area contributed by atoms with Crippen LogP contribution in [0.2, 0.25) is 0 Å². The van der Waals surface area contributed by atoms with Crippen LogP contribution in [0.1, 0.15) is 0 Å². The summed E-state index contributed by atoms with van der Waals surface area (Å²) in [4.78, 5) is 27.0. The predicted octanol–water partition coefficient (Wildman–Crippen LogP) is -0.770. The number of likely N-dealkylation sites (N-methyl/N-ethyl adjacent to an activating group) is 1. The molecular formula is C11H18N6O3. The minimum absolute atomic E-state index is 0.00684. The molecule has 0 aromatic carbocycles. The number of carbonyl (C=O) groups is 2. The molecule has 0 atom stereocenters. The lowest BCUT2D eigenvalue weighted by molar-refractivity contribution is -0.133. The molecule has 0 saturated carbocycles. The van der Waals surface area contributed by atoms with Crippen LogP contribution in [0.5, 0.6) is 0 Å². The summed E-state index contributed by atoms with van der Waals surface area (Å²) in [5, 5.41) is 9.91. The fraction of sp³-hybridized carbons (Fsp3) is 0.636. The van der Waals surface area contributed by atoms with E-state index in [2.05, 4.69) is 25.3 Å². The zero-order valence-corrected chi connectivity index (χ0v) is 11.6. The second-order valence-corrected chi connectivity index (χ2v) is 4.60. The van der Waals surface area contributed by atoms with Crippen molar-refractivity contribution in [3.05, 3.63) is 6.20 Å². The number of hydrogen-bond donors (Lipinski definition) is 1. The maximum absolute atomic E-state index is 12.1. The largest absolute Gasteiger partial charge is 0.453 e. The molecule has 1 aliphatic heterocycles. The average molecular weight is 282 g/mol. The van der Waals surface area contributed by atoms with Gasteiger partial charge in [-0.3, -0.25) is 10.1 Å². The van der Waals surface area contributed by atoms with E-state index in [4.69, 9.17) is 0 Å². The third-order valence-corrected chi connectivity index (χ3v) is 3.11. The molecule has 2 rings (SSSR count). The van der Waals surface area contributed by atoms with Gasteiger partial charge in [0.25, 0.3) is 0 Å². The van der Waals surface area contributed by atoms with Crippen molar-refractivity contribution in [3.63, 3.8) is 0 Å². The van der Waals surface area contributed by atoms with Crippen LogP contribution >= 0.6 is 0 Å².